The second-order valence-corrected chi connectivity index (χ2v) is 12.8. The summed E-state index contributed by atoms with van der Waals surface area (Å²) in [5.74, 6) is -0.942. The van der Waals surface area contributed by atoms with Crippen molar-refractivity contribution in [1.29, 1.82) is 0 Å². The minimum atomic E-state index is -4.39. The van der Waals surface area contributed by atoms with Crippen LogP contribution in [0.1, 0.15) is 129 Å². The van der Waals surface area contributed by atoms with Gasteiger partial charge >= 0.3 is 19.8 Å². The molecule has 0 spiro atoms. The van der Waals surface area contributed by atoms with Crippen molar-refractivity contribution in [2.24, 2.45) is 5.73 Å². The molecule has 270 valence electrons. The lowest BCUT2D eigenvalue weighted by Gasteiger charge is -2.19. The van der Waals surface area contributed by atoms with Gasteiger partial charge in [0, 0.05) is 19.4 Å². The molecule has 0 bridgehead atoms. The van der Waals surface area contributed by atoms with Crippen molar-refractivity contribution in [3.8, 4) is 0 Å². The predicted molar refractivity (Wildman–Crippen MR) is 192 cm³/mol. The molecule has 0 heterocycles. The number of hydrogen-bond donors (Lipinski definition) is 2. The van der Waals surface area contributed by atoms with Crippen LogP contribution in [0.4, 0.5) is 0 Å². The summed E-state index contributed by atoms with van der Waals surface area (Å²) in [5.41, 5.74) is 5.31. The van der Waals surface area contributed by atoms with Crippen LogP contribution >= 0.6 is 7.82 Å². The highest BCUT2D eigenvalue weighted by molar-refractivity contribution is 7.47. The highest BCUT2D eigenvalue weighted by Crippen LogP contribution is 2.43. The van der Waals surface area contributed by atoms with Gasteiger partial charge in [0.2, 0.25) is 0 Å². The molecular weight excluding hydrogens is 617 g/mol. The van der Waals surface area contributed by atoms with Gasteiger partial charge in [0.05, 0.1) is 13.2 Å². The first-order valence-electron chi connectivity index (χ1n) is 17.8. The molecule has 0 saturated heterocycles. The molecular formula is C37H64NO8P. The van der Waals surface area contributed by atoms with E-state index >= 15 is 0 Å². The fourth-order valence-electron chi connectivity index (χ4n) is 4.29. The molecule has 0 radical (unpaired) electrons. The number of allylic oxidation sites excluding steroid dienone is 10. The molecule has 0 saturated carbocycles. The molecule has 0 aliphatic heterocycles. The van der Waals surface area contributed by atoms with Crippen LogP contribution in [0.3, 0.4) is 0 Å². The summed E-state index contributed by atoms with van der Waals surface area (Å²) in [6.45, 7) is 3.47. The molecule has 0 aliphatic carbocycles. The number of carbonyl (C=O) groups is 2. The zero-order valence-corrected chi connectivity index (χ0v) is 30.1. The molecule has 0 aromatic carbocycles. The molecule has 0 amide bonds. The predicted octanol–water partition coefficient (Wildman–Crippen LogP) is 9.38. The molecule has 2 unspecified atom stereocenters. The topological polar surface area (TPSA) is 134 Å². The fourth-order valence-corrected chi connectivity index (χ4v) is 5.05. The summed E-state index contributed by atoms with van der Waals surface area (Å²) >= 11 is 0. The molecule has 2 atom stereocenters. The van der Waals surface area contributed by atoms with Crippen molar-refractivity contribution >= 4 is 19.8 Å². The number of phosphoric ester groups is 1. The second-order valence-electron chi connectivity index (χ2n) is 11.3. The van der Waals surface area contributed by atoms with Gasteiger partial charge in [0.25, 0.3) is 0 Å². The van der Waals surface area contributed by atoms with Crippen molar-refractivity contribution in [3.05, 3.63) is 60.8 Å². The Morgan fingerprint density at radius 2 is 1.21 bits per heavy atom. The number of nitrogens with two attached hydrogens (primary N) is 1. The summed E-state index contributed by atoms with van der Waals surface area (Å²) in [6.07, 6.45) is 37.0. The van der Waals surface area contributed by atoms with Gasteiger partial charge in [-0.1, -0.05) is 113 Å². The van der Waals surface area contributed by atoms with E-state index in [1.807, 2.05) is 12.2 Å². The Hall–Kier alpha value is -2.29. The number of ether oxygens (including phenoxy) is 2. The van der Waals surface area contributed by atoms with Gasteiger partial charge in [-0.2, -0.15) is 0 Å². The lowest BCUT2D eigenvalue weighted by molar-refractivity contribution is -0.161. The molecule has 0 fully saturated rings. The summed E-state index contributed by atoms with van der Waals surface area (Å²) in [6, 6.07) is 0. The second kappa shape index (κ2) is 33.6. The molecule has 10 heteroatoms. The van der Waals surface area contributed by atoms with Crippen molar-refractivity contribution in [2.45, 2.75) is 136 Å². The number of carbonyl (C=O) groups excluding carboxylic acids is 2. The van der Waals surface area contributed by atoms with E-state index in [0.29, 0.717) is 12.8 Å². The van der Waals surface area contributed by atoms with Crippen molar-refractivity contribution in [3.63, 3.8) is 0 Å². The van der Waals surface area contributed by atoms with Gasteiger partial charge in [-0.25, -0.2) is 4.57 Å². The van der Waals surface area contributed by atoms with E-state index in [0.717, 1.165) is 57.8 Å². The Kier molecular flexibility index (Phi) is 32.0. The van der Waals surface area contributed by atoms with Crippen LogP contribution < -0.4 is 5.73 Å². The van der Waals surface area contributed by atoms with Crippen LogP contribution in [0, 0.1) is 0 Å². The zero-order chi connectivity index (χ0) is 34.7. The minimum Gasteiger partial charge on any atom is -0.462 e. The lowest BCUT2D eigenvalue weighted by atomic mass is 10.1. The molecule has 3 N–H and O–H groups in total. The van der Waals surface area contributed by atoms with Crippen LogP contribution in [0.5, 0.6) is 0 Å². The van der Waals surface area contributed by atoms with Crippen LogP contribution in [0.15, 0.2) is 60.8 Å². The average molecular weight is 682 g/mol. The van der Waals surface area contributed by atoms with Gasteiger partial charge in [-0.3, -0.25) is 18.6 Å². The van der Waals surface area contributed by atoms with Gasteiger partial charge < -0.3 is 20.1 Å². The SMILES string of the molecule is CC/C=C\C/C=C\C/C=C\C/C=C\CCC(=O)OC(COC(=O)CCCCCCC/C=C\CCCCCC)COP(=O)(O)OCCN. The quantitative estimate of drug-likeness (QED) is 0.0308. The van der Waals surface area contributed by atoms with Gasteiger partial charge in [-0.05, 0) is 64.2 Å². The Bertz CT molecular complexity index is 960. The third-order valence-electron chi connectivity index (χ3n) is 6.90. The number of rotatable bonds is 32. The van der Waals surface area contributed by atoms with Crippen LogP contribution in [0.2, 0.25) is 0 Å². The molecule has 0 aromatic rings. The molecule has 0 aromatic heterocycles. The first kappa shape index (κ1) is 44.7. The minimum absolute atomic E-state index is 0.0392. The molecule has 9 nitrogen and oxygen atoms in total. The van der Waals surface area contributed by atoms with E-state index in [-0.39, 0.29) is 32.6 Å². The van der Waals surface area contributed by atoms with E-state index in [1.165, 1.54) is 32.1 Å². The van der Waals surface area contributed by atoms with Gasteiger partial charge in [0.15, 0.2) is 6.10 Å². The van der Waals surface area contributed by atoms with Crippen molar-refractivity contribution in [1.82, 2.24) is 0 Å². The van der Waals surface area contributed by atoms with E-state index in [9.17, 15) is 19.0 Å². The summed E-state index contributed by atoms with van der Waals surface area (Å²) in [5, 5.41) is 0. The van der Waals surface area contributed by atoms with Crippen molar-refractivity contribution < 1.29 is 37.6 Å². The highest BCUT2D eigenvalue weighted by Gasteiger charge is 2.25. The van der Waals surface area contributed by atoms with E-state index in [2.05, 4.69) is 62.5 Å². The summed E-state index contributed by atoms with van der Waals surface area (Å²) in [7, 11) is -4.39. The first-order chi connectivity index (χ1) is 22.8. The zero-order valence-electron chi connectivity index (χ0n) is 29.2. The highest BCUT2D eigenvalue weighted by atomic mass is 31.2. The number of hydrogen-bond acceptors (Lipinski definition) is 8. The summed E-state index contributed by atoms with van der Waals surface area (Å²) in [4.78, 5) is 34.6. The molecule has 0 rings (SSSR count). The standard InChI is InChI=1S/C37H64NO8P/c1-3-5-7-9-11-13-15-17-19-21-23-25-27-29-36(39)43-33-35(34-45-47(41,42)44-32-31-38)46-37(40)30-28-26-24-22-20-18-16-14-12-10-8-6-4-2/h6,8,12-15,18,20,24,26,35H,3-5,7,9-11,16-17,19,21-23,25,27-34,38H2,1-2H3,(H,41,42)/b8-6-,14-12-,15-13-,20-18-,26-24-. The normalized spacial score (nSPS) is 14.2. The number of phosphoric acid groups is 1. The largest absolute Gasteiger partial charge is 0.472 e. The van der Waals surface area contributed by atoms with Crippen LogP contribution in [-0.2, 0) is 32.7 Å². The third-order valence-corrected chi connectivity index (χ3v) is 7.89. The van der Waals surface area contributed by atoms with Crippen LogP contribution in [0.25, 0.3) is 0 Å². The maximum atomic E-state index is 12.4. The monoisotopic (exact) mass is 681 g/mol. The van der Waals surface area contributed by atoms with Crippen LogP contribution in [-0.4, -0.2) is 49.3 Å². The average Bonchev–Trinajstić information content (AvgIpc) is 3.05. The Morgan fingerprint density at radius 1 is 0.660 bits per heavy atom. The third kappa shape index (κ3) is 33.4. The van der Waals surface area contributed by atoms with Gasteiger partial charge in [-0.15, -0.1) is 0 Å². The van der Waals surface area contributed by atoms with Crippen molar-refractivity contribution in [2.75, 3.05) is 26.4 Å². The fraction of sp³-hybridized carbons (Fsp3) is 0.676. The molecule has 47 heavy (non-hydrogen) atoms. The molecule has 0 aliphatic rings. The smallest absolute Gasteiger partial charge is 0.462 e. The Labute approximate surface area is 285 Å². The number of unbranched alkanes of at least 4 members (excludes halogenated alkanes) is 9. The van der Waals surface area contributed by atoms with E-state index in [4.69, 9.17) is 24.3 Å². The van der Waals surface area contributed by atoms with Gasteiger partial charge in [0.1, 0.15) is 6.61 Å². The van der Waals surface area contributed by atoms with E-state index < -0.39 is 32.5 Å². The Balaban J connectivity index is 4.40. The lowest BCUT2D eigenvalue weighted by Crippen LogP contribution is -2.29. The maximum absolute atomic E-state index is 12.4. The van der Waals surface area contributed by atoms with E-state index in [1.54, 1.807) is 0 Å². The first-order valence-corrected chi connectivity index (χ1v) is 19.3. The Morgan fingerprint density at radius 3 is 1.83 bits per heavy atom. The maximum Gasteiger partial charge on any atom is 0.472 e. The summed E-state index contributed by atoms with van der Waals surface area (Å²) < 4.78 is 32.5. The number of esters is 2.